The molecule has 0 aromatic heterocycles. The van der Waals surface area contributed by atoms with Crippen molar-refractivity contribution in [3.8, 4) is 0 Å². The molecule has 0 aromatic rings. The molecule has 0 aliphatic carbocycles. The fraction of sp³-hybridized carbons (Fsp3) is 0.818. The second-order valence-corrected chi connectivity index (χ2v) is 3.59. The summed E-state index contributed by atoms with van der Waals surface area (Å²) in [5.41, 5.74) is -1.44. The number of carbonyl (C=O) groups excluding carboxylic acids is 2. The molecule has 14 heavy (non-hydrogen) atoms. The van der Waals surface area contributed by atoms with Crippen LogP contribution in [0.4, 0.5) is 0 Å². The van der Waals surface area contributed by atoms with Crippen molar-refractivity contribution in [2.24, 2.45) is 5.92 Å². The summed E-state index contributed by atoms with van der Waals surface area (Å²) in [6.45, 7) is 5.37. The molecule has 3 nitrogen and oxygen atoms in total. The smallest absolute Gasteiger partial charge is 0.164 e. The van der Waals surface area contributed by atoms with Crippen molar-refractivity contribution >= 4 is 12.1 Å². The van der Waals surface area contributed by atoms with Crippen LogP contribution in [-0.2, 0) is 9.59 Å². The summed E-state index contributed by atoms with van der Waals surface area (Å²) in [4.78, 5) is 22.3. The lowest BCUT2D eigenvalue weighted by atomic mass is 9.79. The average Bonchev–Trinajstić information content (AvgIpc) is 2.23. The maximum Gasteiger partial charge on any atom is 0.164 e. The molecule has 82 valence electrons. The van der Waals surface area contributed by atoms with E-state index < -0.39 is 11.5 Å². The van der Waals surface area contributed by atoms with Gasteiger partial charge in [0, 0.05) is 6.42 Å². The van der Waals surface area contributed by atoms with E-state index in [1.807, 2.05) is 6.92 Å². The zero-order valence-corrected chi connectivity index (χ0v) is 9.25. The van der Waals surface area contributed by atoms with E-state index in [4.69, 9.17) is 0 Å². The van der Waals surface area contributed by atoms with Crippen LogP contribution in [-0.4, -0.2) is 22.8 Å². The molecule has 0 aliphatic heterocycles. The van der Waals surface area contributed by atoms with Gasteiger partial charge in [0.2, 0.25) is 0 Å². The van der Waals surface area contributed by atoms with Gasteiger partial charge in [-0.15, -0.1) is 0 Å². The Morgan fingerprint density at radius 3 is 2.29 bits per heavy atom. The van der Waals surface area contributed by atoms with Crippen molar-refractivity contribution < 1.29 is 14.7 Å². The number of ketones is 1. The van der Waals surface area contributed by atoms with Gasteiger partial charge in [-0.05, 0) is 12.8 Å². The first-order valence-corrected chi connectivity index (χ1v) is 5.27. The molecule has 0 rings (SSSR count). The molecule has 0 unspecified atom stereocenters. The molecule has 0 radical (unpaired) electrons. The van der Waals surface area contributed by atoms with Crippen molar-refractivity contribution in [1.82, 2.24) is 0 Å². The molecule has 3 heteroatoms. The number of carbonyl (C=O) groups is 2. The van der Waals surface area contributed by atoms with E-state index in [9.17, 15) is 14.7 Å². The van der Waals surface area contributed by atoms with Crippen LogP contribution in [0.3, 0.4) is 0 Å². The third-order valence-electron chi connectivity index (χ3n) is 2.72. The summed E-state index contributed by atoms with van der Waals surface area (Å²) in [5.74, 6) is -0.782. The topological polar surface area (TPSA) is 54.4 Å². The Labute approximate surface area is 85.5 Å². The van der Waals surface area contributed by atoms with Crippen molar-refractivity contribution in [3.05, 3.63) is 0 Å². The van der Waals surface area contributed by atoms with E-state index in [0.29, 0.717) is 19.1 Å². The van der Waals surface area contributed by atoms with Gasteiger partial charge < -0.3 is 9.90 Å². The fourth-order valence-electron chi connectivity index (χ4n) is 1.70. The van der Waals surface area contributed by atoms with Gasteiger partial charge in [-0.25, -0.2) is 0 Å². The fourth-order valence-corrected chi connectivity index (χ4v) is 1.70. The Bertz CT molecular complexity index is 201. The monoisotopic (exact) mass is 200 g/mol. The summed E-state index contributed by atoms with van der Waals surface area (Å²) in [5, 5.41) is 10.1. The largest absolute Gasteiger partial charge is 0.381 e. The number of hydrogen-bond donors (Lipinski definition) is 1. The summed E-state index contributed by atoms with van der Waals surface area (Å²) in [6, 6.07) is 0. The number of rotatable bonds is 7. The summed E-state index contributed by atoms with van der Waals surface area (Å²) in [6.07, 6.45) is 2.66. The standard InChI is InChI=1S/C11H20O3/c1-4-7-9(8-12)11(14,6-3)10(13)5-2/h8-9,14H,4-7H2,1-3H3/t9-,11-/m1/s1. The Kier molecular flexibility index (Phi) is 5.62. The highest BCUT2D eigenvalue weighted by Gasteiger charge is 2.40. The Morgan fingerprint density at radius 1 is 1.43 bits per heavy atom. The molecule has 0 spiro atoms. The first-order chi connectivity index (χ1) is 6.56. The van der Waals surface area contributed by atoms with Crippen molar-refractivity contribution in [3.63, 3.8) is 0 Å². The van der Waals surface area contributed by atoms with Crippen LogP contribution in [0.15, 0.2) is 0 Å². The third-order valence-corrected chi connectivity index (χ3v) is 2.72. The molecule has 0 aliphatic rings. The molecule has 0 aromatic carbocycles. The Hall–Kier alpha value is -0.700. The minimum atomic E-state index is -1.44. The van der Waals surface area contributed by atoms with E-state index in [2.05, 4.69) is 0 Å². The van der Waals surface area contributed by atoms with Crippen LogP contribution < -0.4 is 0 Å². The van der Waals surface area contributed by atoms with Crippen molar-refractivity contribution in [1.29, 1.82) is 0 Å². The Morgan fingerprint density at radius 2 is 2.00 bits per heavy atom. The molecule has 0 fully saturated rings. The quantitative estimate of drug-likeness (QED) is 0.637. The maximum atomic E-state index is 11.5. The van der Waals surface area contributed by atoms with Crippen molar-refractivity contribution in [2.45, 2.75) is 52.1 Å². The highest BCUT2D eigenvalue weighted by molar-refractivity contribution is 5.89. The highest BCUT2D eigenvalue weighted by atomic mass is 16.3. The maximum absolute atomic E-state index is 11.5. The van der Waals surface area contributed by atoms with Gasteiger partial charge in [-0.1, -0.05) is 27.2 Å². The summed E-state index contributed by atoms with van der Waals surface area (Å²) < 4.78 is 0. The van der Waals surface area contributed by atoms with E-state index in [1.165, 1.54) is 0 Å². The van der Waals surface area contributed by atoms with E-state index in [1.54, 1.807) is 13.8 Å². The molecule has 0 bridgehead atoms. The van der Waals surface area contributed by atoms with Gasteiger partial charge >= 0.3 is 0 Å². The van der Waals surface area contributed by atoms with Crippen molar-refractivity contribution in [2.75, 3.05) is 0 Å². The predicted octanol–water partition coefficient (Wildman–Crippen LogP) is 1.72. The molecular weight excluding hydrogens is 180 g/mol. The summed E-state index contributed by atoms with van der Waals surface area (Å²) in [7, 11) is 0. The highest BCUT2D eigenvalue weighted by Crippen LogP contribution is 2.26. The van der Waals surface area contributed by atoms with Gasteiger partial charge in [-0.2, -0.15) is 0 Å². The lowest BCUT2D eigenvalue weighted by Crippen LogP contribution is -2.45. The van der Waals surface area contributed by atoms with E-state index >= 15 is 0 Å². The van der Waals surface area contributed by atoms with Crippen LogP contribution in [0.1, 0.15) is 46.5 Å². The van der Waals surface area contributed by atoms with Crippen LogP contribution in [0.2, 0.25) is 0 Å². The number of aliphatic hydroxyl groups is 1. The molecular formula is C11H20O3. The van der Waals surface area contributed by atoms with E-state index in [-0.39, 0.29) is 12.2 Å². The van der Waals surface area contributed by atoms with Gasteiger partial charge in [0.1, 0.15) is 11.9 Å². The third kappa shape index (κ3) is 2.64. The lowest BCUT2D eigenvalue weighted by Gasteiger charge is -2.30. The average molecular weight is 200 g/mol. The zero-order valence-electron chi connectivity index (χ0n) is 9.25. The number of aldehydes is 1. The lowest BCUT2D eigenvalue weighted by molar-refractivity contribution is -0.147. The van der Waals surface area contributed by atoms with Gasteiger partial charge in [-0.3, -0.25) is 4.79 Å². The van der Waals surface area contributed by atoms with Gasteiger partial charge in [0.25, 0.3) is 0 Å². The molecule has 0 amide bonds. The predicted molar refractivity (Wildman–Crippen MR) is 55.0 cm³/mol. The second-order valence-electron chi connectivity index (χ2n) is 3.59. The molecule has 0 saturated carbocycles. The van der Waals surface area contributed by atoms with E-state index in [0.717, 1.165) is 6.42 Å². The normalized spacial score (nSPS) is 17.1. The van der Waals surface area contributed by atoms with Crippen LogP contribution in [0.5, 0.6) is 0 Å². The first-order valence-electron chi connectivity index (χ1n) is 5.27. The molecule has 0 heterocycles. The first kappa shape index (κ1) is 13.3. The number of hydrogen-bond acceptors (Lipinski definition) is 3. The Balaban J connectivity index is 4.78. The van der Waals surface area contributed by atoms with Gasteiger partial charge in [0.05, 0.1) is 5.92 Å². The minimum absolute atomic E-state index is 0.231. The summed E-state index contributed by atoms with van der Waals surface area (Å²) >= 11 is 0. The van der Waals surface area contributed by atoms with Crippen LogP contribution in [0, 0.1) is 5.92 Å². The molecule has 2 atom stereocenters. The van der Waals surface area contributed by atoms with Gasteiger partial charge in [0.15, 0.2) is 5.78 Å². The molecule has 0 saturated heterocycles. The SMILES string of the molecule is CCC[C@H](C=O)[C@](O)(CC)C(=O)CC. The number of Topliss-reactive ketones (excluding diaryl/α,β-unsaturated/α-hetero) is 1. The van der Waals surface area contributed by atoms with Crippen LogP contribution >= 0.6 is 0 Å². The van der Waals surface area contributed by atoms with Crippen LogP contribution in [0.25, 0.3) is 0 Å². The second kappa shape index (κ2) is 5.91. The minimum Gasteiger partial charge on any atom is -0.381 e. The zero-order chi connectivity index (χ0) is 11.2. The molecule has 1 N–H and O–H groups in total.